The Morgan fingerprint density at radius 2 is 0.495 bits per heavy atom. The monoisotopic (exact) mass is 1540 g/mol. The van der Waals surface area contributed by atoms with Gasteiger partial charge in [0.25, 0.3) is 0 Å². The predicted octanol–water partition coefficient (Wildman–Crippen LogP) is 25.4. The number of rotatable bonds is 80. The molecule has 0 aromatic carbocycles. The summed E-state index contributed by atoms with van der Waals surface area (Å²) in [4.78, 5) is 58.8. The van der Waals surface area contributed by atoms with Gasteiger partial charge in [-0.3, -0.25) is 32.5 Å². The summed E-state index contributed by atoms with van der Waals surface area (Å²) in [5, 5.41) is 20.7. The Bertz CT molecular complexity index is 2480. The molecule has 0 aliphatic rings. The highest BCUT2D eigenvalue weighted by Crippen LogP contribution is 2.45. The molecule has 0 fully saturated rings. The Hall–Kier alpha value is -4.31. The number of allylic oxidation sites excluding steroid dienone is 22. The van der Waals surface area contributed by atoms with Gasteiger partial charge in [0.1, 0.15) is 25.4 Å². The van der Waals surface area contributed by atoms with E-state index in [-0.39, 0.29) is 19.3 Å². The molecule has 0 heterocycles. The molecule has 4 N–H and O–H groups in total. The van der Waals surface area contributed by atoms with Gasteiger partial charge in [0, 0.05) is 19.3 Å². The molecule has 0 bridgehead atoms. The normalized spacial score (nSPS) is 14.6. The molecular weight excluding hydrogens is 1390 g/mol. The minimum atomic E-state index is -4.94. The molecule has 616 valence electrons. The van der Waals surface area contributed by atoms with Gasteiger partial charge >= 0.3 is 33.6 Å². The second-order valence-electron chi connectivity index (χ2n) is 28.2. The van der Waals surface area contributed by atoms with Crippen LogP contribution in [0.15, 0.2) is 134 Å². The summed E-state index contributed by atoms with van der Waals surface area (Å²) < 4.78 is 61.3. The van der Waals surface area contributed by atoms with Gasteiger partial charge in [-0.15, -0.1) is 0 Å². The van der Waals surface area contributed by atoms with E-state index in [1.807, 2.05) is 0 Å². The molecule has 0 aliphatic heterocycles. The fourth-order valence-electron chi connectivity index (χ4n) is 11.4. The molecule has 0 aliphatic carbocycles. The zero-order valence-corrected chi connectivity index (χ0v) is 69.3. The van der Waals surface area contributed by atoms with Crippen molar-refractivity contribution in [3.05, 3.63) is 134 Å². The summed E-state index contributed by atoms with van der Waals surface area (Å²) in [6, 6.07) is 0. The number of hydrogen-bond acceptors (Lipinski definition) is 14. The van der Waals surface area contributed by atoms with Crippen molar-refractivity contribution < 1.29 is 75.8 Å². The van der Waals surface area contributed by atoms with Gasteiger partial charge in [-0.05, 0) is 141 Å². The number of esters is 3. The van der Waals surface area contributed by atoms with Crippen LogP contribution in [0, 0.1) is 0 Å². The lowest BCUT2D eigenvalue weighted by atomic mass is 10.0. The van der Waals surface area contributed by atoms with Crippen molar-refractivity contribution in [1.82, 2.24) is 0 Å². The summed E-state index contributed by atoms with van der Waals surface area (Å²) in [6.07, 6.45) is 99.3. The first-order valence-electron chi connectivity index (χ1n) is 42.5. The SMILES string of the molecule is CC/C=C\C/C=C\C/C=C\C/C=C\C/C=C\CCCCCCCCCCCCCCCC(=O)OCC(O)COP(=O)(O)OCC(O)COP(=O)(O)OCC(COC(=O)CCCCCCCCCCCCC/C=C\C/C=C\C/C=C\C/C=C\CCCCC)OC(=O)CCCCCCC/C=C\C/C=C\CCCCC. The number of phosphoric acid groups is 2. The van der Waals surface area contributed by atoms with Crippen LogP contribution in [-0.2, 0) is 55.8 Å². The molecule has 0 amide bonds. The minimum Gasteiger partial charge on any atom is -0.463 e. The van der Waals surface area contributed by atoms with Crippen LogP contribution in [0.25, 0.3) is 0 Å². The lowest BCUT2D eigenvalue weighted by molar-refractivity contribution is -0.161. The lowest BCUT2D eigenvalue weighted by Gasteiger charge is -2.21. The van der Waals surface area contributed by atoms with Crippen LogP contribution in [0.1, 0.15) is 355 Å². The molecular formula is C89H154O16P2. The van der Waals surface area contributed by atoms with Gasteiger partial charge in [-0.1, -0.05) is 328 Å². The highest BCUT2D eigenvalue weighted by atomic mass is 31.2. The van der Waals surface area contributed by atoms with Crippen LogP contribution in [0.5, 0.6) is 0 Å². The molecule has 0 spiro atoms. The van der Waals surface area contributed by atoms with Crippen molar-refractivity contribution in [2.45, 2.75) is 373 Å². The number of ether oxygens (including phenoxy) is 3. The molecule has 5 unspecified atom stereocenters. The molecule has 0 saturated carbocycles. The fourth-order valence-corrected chi connectivity index (χ4v) is 13.0. The van der Waals surface area contributed by atoms with E-state index in [0.29, 0.717) is 19.3 Å². The van der Waals surface area contributed by atoms with Gasteiger partial charge in [0.15, 0.2) is 6.10 Å². The fraction of sp³-hybridized carbons (Fsp3) is 0.719. The van der Waals surface area contributed by atoms with Crippen LogP contribution in [0.2, 0.25) is 0 Å². The number of phosphoric ester groups is 2. The first-order valence-corrected chi connectivity index (χ1v) is 45.5. The van der Waals surface area contributed by atoms with Crippen molar-refractivity contribution in [2.24, 2.45) is 0 Å². The number of carbonyl (C=O) groups excluding carboxylic acids is 3. The average molecular weight is 1540 g/mol. The maximum atomic E-state index is 13.0. The van der Waals surface area contributed by atoms with Crippen molar-refractivity contribution in [2.75, 3.05) is 39.6 Å². The smallest absolute Gasteiger partial charge is 0.463 e. The van der Waals surface area contributed by atoms with Gasteiger partial charge in [0.05, 0.1) is 26.4 Å². The van der Waals surface area contributed by atoms with E-state index in [4.69, 9.17) is 32.3 Å². The Labute approximate surface area is 652 Å². The summed E-state index contributed by atoms with van der Waals surface area (Å²) in [5.41, 5.74) is 0. The topological polar surface area (TPSA) is 231 Å². The summed E-state index contributed by atoms with van der Waals surface area (Å²) in [7, 11) is -9.80. The van der Waals surface area contributed by atoms with E-state index >= 15 is 0 Å². The average Bonchev–Trinajstić information content (AvgIpc) is 0.914. The van der Waals surface area contributed by atoms with Gasteiger partial charge < -0.3 is 34.2 Å². The minimum absolute atomic E-state index is 0.0867. The van der Waals surface area contributed by atoms with Crippen LogP contribution in [-0.4, -0.2) is 95.9 Å². The zero-order chi connectivity index (χ0) is 78.0. The zero-order valence-electron chi connectivity index (χ0n) is 67.5. The van der Waals surface area contributed by atoms with Crippen molar-refractivity contribution in [1.29, 1.82) is 0 Å². The molecule has 0 aromatic rings. The Kier molecular flexibility index (Phi) is 77.9. The van der Waals surface area contributed by atoms with Gasteiger partial charge in [-0.2, -0.15) is 0 Å². The number of aliphatic hydroxyl groups excluding tert-OH is 2. The van der Waals surface area contributed by atoms with E-state index in [1.54, 1.807) is 0 Å². The number of hydrogen-bond donors (Lipinski definition) is 4. The second kappa shape index (κ2) is 81.2. The third kappa shape index (κ3) is 82.5. The number of aliphatic hydroxyl groups is 2. The largest absolute Gasteiger partial charge is 0.472 e. The third-order valence-corrected chi connectivity index (χ3v) is 19.7. The number of unbranched alkanes of at least 4 members (excludes halogenated alkanes) is 35. The molecule has 16 nitrogen and oxygen atoms in total. The quantitative estimate of drug-likeness (QED) is 0.0146. The van der Waals surface area contributed by atoms with E-state index in [9.17, 15) is 43.5 Å². The molecule has 107 heavy (non-hydrogen) atoms. The first kappa shape index (κ1) is 103. The second-order valence-corrected chi connectivity index (χ2v) is 31.2. The van der Waals surface area contributed by atoms with Crippen LogP contribution in [0.4, 0.5) is 0 Å². The maximum Gasteiger partial charge on any atom is 0.472 e. The molecule has 18 heteroatoms. The van der Waals surface area contributed by atoms with E-state index in [2.05, 4.69) is 154 Å². The maximum absolute atomic E-state index is 13.0. The summed E-state index contributed by atoms with van der Waals surface area (Å²) in [5.74, 6) is -1.59. The van der Waals surface area contributed by atoms with Gasteiger partial charge in [0.2, 0.25) is 0 Å². The molecule has 0 saturated heterocycles. The van der Waals surface area contributed by atoms with Crippen LogP contribution in [0.3, 0.4) is 0 Å². The summed E-state index contributed by atoms with van der Waals surface area (Å²) >= 11 is 0. The first-order chi connectivity index (χ1) is 52.2. The Balaban J connectivity index is 4.53. The van der Waals surface area contributed by atoms with Crippen molar-refractivity contribution >= 4 is 33.6 Å². The van der Waals surface area contributed by atoms with E-state index in [0.717, 1.165) is 154 Å². The predicted molar refractivity (Wildman–Crippen MR) is 445 cm³/mol. The highest BCUT2D eigenvalue weighted by molar-refractivity contribution is 7.47. The molecule has 0 radical (unpaired) electrons. The molecule has 0 rings (SSSR count). The van der Waals surface area contributed by atoms with Gasteiger partial charge in [-0.25, -0.2) is 9.13 Å². The Morgan fingerprint density at radius 1 is 0.271 bits per heavy atom. The third-order valence-electron chi connectivity index (χ3n) is 17.8. The number of carbonyl (C=O) groups is 3. The highest BCUT2D eigenvalue weighted by Gasteiger charge is 2.29. The van der Waals surface area contributed by atoms with Crippen molar-refractivity contribution in [3.63, 3.8) is 0 Å². The summed E-state index contributed by atoms with van der Waals surface area (Å²) in [6.45, 7) is 2.53. The van der Waals surface area contributed by atoms with Crippen LogP contribution >= 0.6 is 15.6 Å². The van der Waals surface area contributed by atoms with E-state index < -0.39 is 91.5 Å². The molecule has 0 aromatic heterocycles. The Morgan fingerprint density at radius 3 is 0.785 bits per heavy atom. The molecule has 5 atom stereocenters. The lowest BCUT2D eigenvalue weighted by Crippen LogP contribution is -2.30. The van der Waals surface area contributed by atoms with Crippen molar-refractivity contribution in [3.8, 4) is 0 Å². The van der Waals surface area contributed by atoms with Crippen LogP contribution < -0.4 is 0 Å². The van der Waals surface area contributed by atoms with E-state index in [1.165, 1.54) is 141 Å². The standard InChI is InChI=1S/C89H154O16P2/c1-4-7-10-13-16-19-22-25-28-30-32-34-36-38-40-41-43-45-46-48-50-52-55-57-60-63-66-69-72-75-87(92)99-78-84(90)79-101-106(95,96)102-80-85(91)81-103-107(97,98)104-83-86(105-89(94)77-74-71-68-65-62-59-54-27-24-21-18-15-12-9-6-3)82-100-88(93)76-73-70-67-64-61-58-56-53-51-49-47-44-42-39-37-35-33-31-29-26-23-20-17-14-11-8-5-2/h7,10,16-21,25-29,32-35,38-40,42,54,84-86,90-91H,4-6,8-9,11-15,22-24,30-31,36-37,41,43-53,55-83H2,1-3H3,(H,95,96)(H,97,98)/b10-7-,19-16-,20-17-,21-18-,28-25-,29-26-,34-32-,35-33-,40-38-,42-39-,54-27-.